The molecule has 3 nitrogen and oxygen atoms in total. The van der Waals surface area contributed by atoms with Gasteiger partial charge in [0.2, 0.25) is 5.91 Å². The smallest absolute Gasteiger partial charge is 0.226 e. The van der Waals surface area contributed by atoms with E-state index in [0.717, 1.165) is 25.2 Å². The van der Waals surface area contributed by atoms with Crippen LogP contribution in [0.2, 0.25) is 0 Å². The fourth-order valence-electron chi connectivity index (χ4n) is 6.23. The lowest BCUT2D eigenvalue weighted by molar-refractivity contribution is -0.172. The predicted octanol–water partition coefficient (Wildman–Crippen LogP) is 3.26. The van der Waals surface area contributed by atoms with Gasteiger partial charge in [-0.2, -0.15) is 0 Å². The maximum Gasteiger partial charge on any atom is 0.226 e. The molecule has 0 heterocycles. The average molecular weight is 293 g/mol. The van der Waals surface area contributed by atoms with E-state index in [0.29, 0.717) is 10.8 Å². The minimum Gasteiger partial charge on any atom is -0.391 e. The van der Waals surface area contributed by atoms with Gasteiger partial charge in [0.15, 0.2) is 0 Å². The molecule has 0 saturated heterocycles. The third kappa shape index (κ3) is 2.42. The SMILES string of the molecule is CC(O)C(C)(C)NC(=O)C12CC3CC(C)(CC(C)(C3)C1)C2. The van der Waals surface area contributed by atoms with Crippen molar-refractivity contribution in [3.05, 3.63) is 0 Å². The molecule has 0 spiro atoms. The Bertz CT molecular complexity index is 450. The van der Waals surface area contributed by atoms with Crippen LogP contribution >= 0.6 is 0 Å². The molecule has 4 rings (SSSR count). The largest absolute Gasteiger partial charge is 0.391 e. The number of hydrogen-bond donors (Lipinski definition) is 2. The molecular formula is C18H31NO2. The summed E-state index contributed by atoms with van der Waals surface area (Å²) < 4.78 is 0. The monoisotopic (exact) mass is 293 g/mol. The highest BCUT2D eigenvalue weighted by molar-refractivity contribution is 5.84. The second-order valence-electron chi connectivity index (χ2n) is 9.76. The highest BCUT2D eigenvalue weighted by Gasteiger charge is 2.63. The van der Waals surface area contributed by atoms with Crippen molar-refractivity contribution < 1.29 is 9.90 Å². The van der Waals surface area contributed by atoms with Crippen molar-refractivity contribution in [2.24, 2.45) is 22.2 Å². The summed E-state index contributed by atoms with van der Waals surface area (Å²) in [5.41, 5.74) is -0.0434. The van der Waals surface area contributed by atoms with Crippen molar-refractivity contribution in [1.82, 2.24) is 5.32 Å². The van der Waals surface area contributed by atoms with E-state index in [1.807, 2.05) is 13.8 Å². The zero-order chi connectivity index (χ0) is 15.7. The van der Waals surface area contributed by atoms with Crippen molar-refractivity contribution >= 4 is 5.91 Å². The highest BCUT2D eigenvalue weighted by atomic mass is 16.3. The van der Waals surface area contributed by atoms with Gasteiger partial charge in [-0.25, -0.2) is 0 Å². The molecule has 0 aromatic carbocycles. The number of carbonyl (C=O) groups excluding carboxylic acids is 1. The Morgan fingerprint density at radius 2 is 1.67 bits per heavy atom. The molecule has 0 aromatic heterocycles. The number of carbonyl (C=O) groups is 1. The fourth-order valence-corrected chi connectivity index (χ4v) is 6.23. The predicted molar refractivity (Wildman–Crippen MR) is 83.7 cm³/mol. The van der Waals surface area contributed by atoms with Gasteiger partial charge in [-0.15, -0.1) is 0 Å². The molecular weight excluding hydrogens is 262 g/mol. The van der Waals surface area contributed by atoms with Crippen LogP contribution in [0.15, 0.2) is 0 Å². The van der Waals surface area contributed by atoms with Gasteiger partial charge in [0.05, 0.1) is 17.1 Å². The maximum absolute atomic E-state index is 13.1. The van der Waals surface area contributed by atoms with Crippen LogP contribution in [0, 0.1) is 22.2 Å². The molecule has 4 saturated carbocycles. The van der Waals surface area contributed by atoms with Crippen molar-refractivity contribution in [3.63, 3.8) is 0 Å². The van der Waals surface area contributed by atoms with Gasteiger partial charge >= 0.3 is 0 Å². The lowest BCUT2D eigenvalue weighted by atomic mass is 9.40. The molecule has 120 valence electrons. The molecule has 3 heteroatoms. The van der Waals surface area contributed by atoms with Crippen molar-refractivity contribution in [2.75, 3.05) is 0 Å². The summed E-state index contributed by atoms with van der Waals surface area (Å²) >= 11 is 0. The van der Waals surface area contributed by atoms with Crippen LogP contribution in [-0.4, -0.2) is 22.7 Å². The molecule has 4 aliphatic carbocycles. The van der Waals surface area contributed by atoms with Crippen LogP contribution in [-0.2, 0) is 4.79 Å². The second kappa shape index (κ2) is 4.24. The number of amides is 1. The first-order chi connectivity index (χ1) is 9.48. The zero-order valence-corrected chi connectivity index (χ0v) is 14.3. The molecule has 21 heavy (non-hydrogen) atoms. The van der Waals surface area contributed by atoms with Crippen molar-refractivity contribution in [2.45, 2.75) is 84.8 Å². The van der Waals surface area contributed by atoms with Gasteiger partial charge in [-0.05, 0) is 76.0 Å². The zero-order valence-electron chi connectivity index (χ0n) is 14.3. The van der Waals surface area contributed by atoms with Crippen LogP contribution in [0.3, 0.4) is 0 Å². The van der Waals surface area contributed by atoms with E-state index in [1.165, 1.54) is 19.3 Å². The maximum atomic E-state index is 13.1. The van der Waals surface area contributed by atoms with Crippen molar-refractivity contribution in [1.29, 1.82) is 0 Å². The van der Waals surface area contributed by atoms with E-state index in [1.54, 1.807) is 6.92 Å². The Hall–Kier alpha value is -0.570. The summed E-state index contributed by atoms with van der Waals surface area (Å²) in [6.45, 7) is 10.4. The Labute approximate surface area is 128 Å². The average Bonchev–Trinajstić information content (AvgIpc) is 2.22. The molecule has 0 aliphatic heterocycles. The van der Waals surface area contributed by atoms with Gasteiger partial charge in [-0.1, -0.05) is 13.8 Å². The quantitative estimate of drug-likeness (QED) is 0.839. The standard InChI is InChI=1S/C18H31NO2/c1-12(20)15(2,3)19-14(21)18-8-13-6-16(4,10-18)9-17(5,7-13)11-18/h12-13,20H,6-11H2,1-5H3,(H,19,21). The summed E-state index contributed by atoms with van der Waals surface area (Å²) in [5, 5.41) is 13.1. The van der Waals surface area contributed by atoms with Gasteiger partial charge in [0, 0.05) is 0 Å². The molecule has 0 radical (unpaired) electrons. The number of nitrogens with one attached hydrogen (secondary N) is 1. The molecule has 0 aromatic rings. The Balaban J connectivity index is 1.86. The molecule has 2 N–H and O–H groups in total. The molecule has 1 amide bonds. The number of hydrogen-bond acceptors (Lipinski definition) is 2. The Morgan fingerprint density at radius 1 is 1.14 bits per heavy atom. The molecule has 4 fully saturated rings. The first-order valence-electron chi connectivity index (χ1n) is 8.49. The third-order valence-corrected chi connectivity index (χ3v) is 6.59. The summed E-state index contributed by atoms with van der Waals surface area (Å²) in [4.78, 5) is 13.1. The van der Waals surface area contributed by atoms with E-state index < -0.39 is 11.6 Å². The number of rotatable bonds is 3. The van der Waals surface area contributed by atoms with Gasteiger partial charge < -0.3 is 10.4 Å². The van der Waals surface area contributed by atoms with E-state index in [9.17, 15) is 9.90 Å². The van der Waals surface area contributed by atoms with Crippen LogP contribution < -0.4 is 5.32 Å². The summed E-state index contributed by atoms with van der Waals surface area (Å²) in [6, 6.07) is 0. The molecule has 4 aliphatic rings. The van der Waals surface area contributed by atoms with E-state index in [2.05, 4.69) is 19.2 Å². The van der Waals surface area contributed by atoms with Crippen LogP contribution in [0.1, 0.15) is 73.1 Å². The topological polar surface area (TPSA) is 49.3 Å². The van der Waals surface area contributed by atoms with Gasteiger partial charge in [0.1, 0.15) is 0 Å². The lowest BCUT2D eigenvalue weighted by Crippen LogP contribution is -2.63. The third-order valence-electron chi connectivity index (χ3n) is 6.59. The number of aliphatic hydroxyl groups excluding tert-OH is 1. The minimum absolute atomic E-state index is 0.185. The van der Waals surface area contributed by atoms with E-state index >= 15 is 0 Å². The van der Waals surface area contributed by atoms with Crippen LogP contribution in [0.25, 0.3) is 0 Å². The molecule has 3 atom stereocenters. The molecule has 3 unspecified atom stereocenters. The van der Waals surface area contributed by atoms with Crippen LogP contribution in [0.4, 0.5) is 0 Å². The van der Waals surface area contributed by atoms with Crippen molar-refractivity contribution in [3.8, 4) is 0 Å². The van der Waals surface area contributed by atoms with Crippen LogP contribution in [0.5, 0.6) is 0 Å². The first kappa shape index (κ1) is 15.3. The first-order valence-corrected chi connectivity index (χ1v) is 8.49. The Kier molecular flexibility index (Phi) is 3.10. The lowest BCUT2D eigenvalue weighted by Gasteiger charge is -2.64. The second-order valence-corrected chi connectivity index (χ2v) is 9.76. The molecule has 4 bridgehead atoms. The van der Waals surface area contributed by atoms with Gasteiger partial charge in [0.25, 0.3) is 0 Å². The van der Waals surface area contributed by atoms with E-state index in [4.69, 9.17) is 0 Å². The fraction of sp³-hybridized carbons (Fsp3) is 0.944. The normalized spacial score (nSPS) is 46.5. The summed E-state index contributed by atoms with van der Waals surface area (Å²) in [6.07, 6.45) is 6.48. The summed E-state index contributed by atoms with van der Waals surface area (Å²) in [7, 11) is 0. The van der Waals surface area contributed by atoms with Gasteiger partial charge in [-0.3, -0.25) is 4.79 Å². The highest BCUT2D eigenvalue weighted by Crippen LogP contribution is 2.69. The summed E-state index contributed by atoms with van der Waals surface area (Å²) in [5.74, 6) is 0.909. The number of aliphatic hydroxyl groups is 1. The Morgan fingerprint density at radius 3 is 2.10 bits per heavy atom. The minimum atomic E-state index is -0.553. The van der Waals surface area contributed by atoms with E-state index in [-0.39, 0.29) is 11.3 Å².